The Morgan fingerprint density at radius 1 is 0.919 bits per heavy atom. The summed E-state index contributed by atoms with van der Waals surface area (Å²) < 4.78 is 9.79. The Morgan fingerprint density at radius 3 is 2.11 bits per heavy atom. The Hall–Kier alpha value is -3.30. The topological polar surface area (TPSA) is 123 Å². The molecule has 0 spiro atoms. The number of halogens is 2. The van der Waals surface area contributed by atoms with Crippen LogP contribution in [0.25, 0.3) is 0 Å². The number of nitrogens with one attached hydrogen (secondary N) is 3. The van der Waals surface area contributed by atoms with Gasteiger partial charge in [-0.15, -0.1) is 0 Å². The van der Waals surface area contributed by atoms with E-state index in [4.69, 9.17) is 32.7 Å². The van der Waals surface area contributed by atoms with Crippen LogP contribution in [0.15, 0.2) is 42.5 Å². The van der Waals surface area contributed by atoms with Gasteiger partial charge in [0.2, 0.25) is 0 Å². The van der Waals surface area contributed by atoms with Crippen LogP contribution in [0, 0.1) is 0 Å². The van der Waals surface area contributed by atoms with Crippen LogP contribution in [0.3, 0.4) is 0 Å². The van der Waals surface area contributed by atoms with Crippen molar-refractivity contribution < 1.29 is 28.7 Å². The van der Waals surface area contributed by atoms with Crippen molar-refractivity contribution in [1.82, 2.24) is 10.6 Å². The van der Waals surface area contributed by atoms with E-state index in [-0.39, 0.29) is 22.0 Å². The van der Waals surface area contributed by atoms with Gasteiger partial charge in [0.15, 0.2) is 0 Å². The minimum atomic E-state index is -1.12. The number of hydrogen-bond acceptors (Lipinski definition) is 6. The van der Waals surface area contributed by atoms with Crippen molar-refractivity contribution in [3.05, 3.63) is 63.6 Å². The summed E-state index contributed by atoms with van der Waals surface area (Å²) in [6.45, 7) is 0. The third-order valence-corrected chi connectivity index (χ3v) is 6.90. The maximum atomic E-state index is 12.8. The first-order chi connectivity index (χ1) is 17.7. The highest BCUT2D eigenvalue weighted by atomic mass is 35.5. The van der Waals surface area contributed by atoms with Gasteiger partial charge in [-0.2, -0.15) is 0 Å². The van der Waals surface area contributed by atoms with Gasteiger partial charge in [-0.25, -0.2) is 14.4 Å². The van der Waals surface area contributed by atoms with Gasteiger partial charge in [-0.1, -0.05) is 60.7 Å². The number of benzene rings is 2. The van der Waals surface area contributed by atoms with Crippen LogP contribution < -0.4 is 16.0 Å². The van der Waals surface area contributed by atoms with E-state index in [1.807, 2.05) is 0 Å². The molecule has 0 unspecified atom stereocenters. The fourth-order valence-electron chi connectivity index (χ4n) is 4.35. The standard InChI is InChI=1S/C26H29Cl2N3O6/c1-36-23(33)20(30-25(35)31-26(24(34)37-2)13-4-3-5-14-26)15-16-9-11-17(12-10-16)29-22(32)21-18(27)7-6-8-19(21)28/h6-12,20H,3-5,13-15H2,1-2H3,(H,29,32)(H2,30,31,35)/t20-/m0/s1. The van der Waals surface area contributed by atoms with Crippen LogP contribution in [0.5, 0.6) is 0 Å². The molecule has 3 rings (SSSR count). The number of amides is 3. The molecule has 0 heterocycles. The second-order valence-corrected chi connectivity index (χ2v) is 9.57. The van der Waals surface area contributed by atoms with Crippen LogP contribution in [-0.2, 0) is 25.5 Å². The Balaban J connectivity index is 1.67. The van der Waals surface area contributed by atoms with Crippen LogP contribution in [-0.4, -0.2) is 49.7 Å². The lowest BCUT2D eigenvalue weighted by atomic mass is 9.81. The fourth-order valence-corrected chi connectivity index (χ4v) is 4.92. The first-order valence-corrected chi connectivity index (χ1v) is 12.5. The number of methoxy groups -OCH3 is 2. The van der Waals surface area contributed by atoms with Crippen molar-refractivity contribution in [3.63, 3.8) is 0 Å². The molecular weight excluding hydrogens is 521 g/mol. The molecule has 0 aromatic heterocycles. The number of urea groups is 1. The number of rotatable bonds is 8. The summed E-state index contributed by atoms with van der Waals surface area (Å²) >= 11 is 12.2. The molecule has 0 aliphatic heterocycles. The zero-order chi connectivity index (χ0) is 27.0. The predicted octanol–water partition coefficient (Wildman–Crippen LogP) is 4.50. The van der Waals surface area contributed by atoms with E-state index in [0.29, 0.717) is 24.1 Å². The first-order valence-electron chi connectivity index (χ1n) is 11.8. The van der Waals surface area contributed by atoms with E-state index in [1.54, 1.807) is 42.5 Å². The number of hydrogen-bond donors (Lipinski definition) is 3. The normalized spacial score (nSPS) is 15.1. The maximum Gasteiger partial charge on any atom is 0.331 e. The number of carbonyl (C=O) groups is 4. The van der Waals surface area contributed by atoms with E-state index < -0.39 is 35.5 Å². The van der Waals surface area contributed by atoms with Crippen molar-refractivity contribution in [3.8, 4) is 0 Å². The van der Waals surface area contributed by atoms with Gasteiger partial charge in [0, 0.05) is 12.1 Å². The molecule has 11 heteroatoms. The Morgan fingerprint density at radius 2 is 1.54 bits per heavy atom. The van der Waals surface area contributed by atoms with Crippen molar-refractivity contribution in [2.24, 2.45) is 0 Å². The quantitative estimate of drug-likeness (QED) is 0.416. The van der Waals surface area contributed by atoms with Crippen LogP contribution >= 0.6 is 23.2 Å². The second kappa shape index (κ2) is 12.8. The van der Waals surface area contributed by atoms with Crippen molar-refractivity contribution in [1.29, 1.82) is 0 Å². The Bertz CT molecular complexity index is 1130. The third kappa shape index (κ3) is 7.14. The van der Waals surface area contributed by atoms with E-state index in [2.05, 4.69) is 16.0 Å². The summed E-state index contributed by atoms with van der Waals surface area (Å²) in [6, 6.07) is 9.83. The molecule has 1 saturated carbocycles. The summed E-state index contributed by atoms with van der Waals surface area (Å²) in [5.41, 5.74) is 0.230. The summed E-state index contributed by atoms with van der Waals surface area (Å²) in [5, 5.41) is 8.54. The second-order valence-electron chi connectivity index (χ2n) is 8.76. The zero-order valence-electron chi connectivity index (χ0n) is 20.6. The molecule has 2 aromatic rings. The van der Waals surface area contributed by atoms with E-state index in [0.717, 1.165) is 19.3 Å². The molecule has 37 heavy (non-hydrogen) atoms. The number of ether oxygens (including phenoxy) is 2. The maximum absolute atomic E-state index is 12.8. The largest absolute Gasteiger partial charge is 0.467 e. The lowest BCUT2D eigenvalue weighted by molar-refractivity contribution is -0.149. The smallest absolute Gasteiger partial charge is 0.331 e. The van der Waals surface area contributed by atoms with Crippen molar-refractivity contribution in [2.45, 2.75) is 50.1 Å². The van der Waals surface area contributed by atoms with Gasteiger partial charge in [0.1, 0.15) is 11.6 Å². The molecule has 198 valence electrons. The Labute approximate surface area is 225 Å². The summed E-state index contributed by atoms with van der Waals surface area (Å²) in [6.07, 6.45) is 3.57. The minimum Gasteiger partial charge on any atom is -0.467 e. The van der Waals surface area contributed by atoms with Crippen molar-refractivity contribution in [2.75, 3.05) is 19.5 Å². The molecule has 0 bridgehead atoms. The van der Waals surface area contributed by atoms with Crippen molar-refractivity contribution >= 4 is 52.8 Å². The predicted molar refractivity (Wildman–Crippen MR) is 140 cm³/mol. The average molecular weight is 550 g/mol. The van der Waals surface area contributed by atoms with Gasteiger partial charge in [0.05, 0.1) is 29.8 Å². The van der Waals surface area contributed by atoms with E-state index in [1.165, 1.54) is 14.2 Å². The average Bonchev–Trinajstić information content (AvgIpc) is 2.88. The number of carbonyl (C=O) groups excluding carboxylic acids is 4. The fraction of sp³-hybridized carbons (Fsp3) is 0.385. The summed E-state index contributed by atoms with van der Waals surface area (Å²) in [4.78, 5) is 50.2. The molecule has 3 amide bonds. The number of anilines is 1. The SMILES string of the molecule is COC(=O)[C@H](Cc1ccc(NC(=O)c2c(Cl)cccc2Cl)cc1)NC(=O)NC1(C(=O)OC)CCCCC1. The summed E-state index contributed by atoms with van der Waals surface area (Å²) in [5.74, 6) is -1.61. The van der Waals surface area contributed by atoms with Gasteiger partial charge in [0.25, 0.3) is 5.91 Å². The minimum absolute atomic E-state index is 0.121. The van der Waals surface area contributed by atoms with Gasteiger partial charge in [-0.3, -0.25) is 4.79 Å². The van der Waals surface area contributed by atoms with Gasteiger partial charge >= 0.3 is 18.0 Å². The summed E-state index contributed by atoms with van der Waals surface area (Å²) in [7, 11) is 2.51. The van der Waals surface area contributed by atoms with Crippen LogP contribution in [0.2, 0.25) is 10.0 Å². The van der Waals surface area contributed by atoms with E-state index in [9.17, 15) is 19.2 Å². The highest BCUT2D eigenvalue weighted by Gasteiger charge is 2.42. The molecule has 1 fully saturated rings. The molecule has 1 aliphatic carbocycles. The molecule has 1 atom stereocenters. The monoisotopic (exact) mass is 549 g/mol. The van der Waals surface area contributed by atoms with Crippen LogP contribution in [0.1, 0.15) is 48.0 Å². The number of esters is 2. The van der Waals surface area contributed by atoms with Gasteiger partial charge in [-0.05, 0) is 42.7 Å². The molecule has 3 N–H and O–H groups in total. The van der Waals surface area contributed by atoms with Gasteiger partial charge < -0.3 is 25.4 Å². The highest BCUT2D eigenvalue weighted by Crippen LogP contribution is 2.29. The third-order valence-electron chi connectivity index (χ3n) is 6.27. The zero-order valence-corrected chi connectivity index (χ0v) is 22.1. The molecule has 0 radical (unpaired) electrons. The molecule has 2 aromatic carbocycles. The van der Waals surface area contributed by atoms with E-state index >= 15 is 0 Å². The highest BCUT2D eigenvalue weighted by molar-refractivity contribution is 6.40. The lowest BCUT2D eigenvalue weighted by Crippen LogP contribution is -2.60. The molecular formula is C26H29Cl2N3O6. The Kier molecular flexibility index (Phi) is 9.77. The lowest BCUT2D eigenvalue weighted by Gasteiger charge is -2.35. The molecule has 0 saturated heterocycles. The first kappa shape index (κ1) is 28.3. The molecule has 1 aliphatic rings. The van der Waals surface area contributed by atoms with Crippen LogP contribution in [0.4, 0.5) is 10.5 Å². The molecule has 9 nitrogen and oxygen atoms in total.